The number of rotatable bonds is 4. The lowest BCUT2D eigenvalue weighted by Gasteiger charge is -2.31. The largest absolute Gasteiger partial charge is 0.310 e. The van der Waals surface area contributed by atoms with Crippen molar-refractivity contribution in [2.75, 3.05) is 4.90 Å². The van der Waals surface area contributed by atoms with Gasteiger partial charge in [0.2, 0.25) is 0 Å². The molecule has 3 aliphatic rings. The Hall–Kier alpha value is -6.44. The quantitative estimate of drug-likeness (QED) is 0.179. The molecule has 0 radical (unpaired) electrons. The molecule has 8 aromatic rings. The van der Waals surface area contributed by atoms with Crippen LogP contribution in [0.25, 0.3) is 44.5 Å². The molecule has 0 heterocycles. The molecule has 0 saturated heterocycles. The highest BCUT2D eigenvalue weighted by Crippen LogP contribution is 2.63. The van der Waals surface area contributed by atoms with Gasteiger partial charge in [-0.15, -0.1) is 0 Å². The Bertz CT molecular complexity index is 2720. The average molecular weight is 676 g/mol. The minimum atomic E-state index is -0.359. The highest BCUT2D eigenvalue weighted by Gasteiger charge is 2.51. The lowest BCUT2D eigenvalue weighted by Crippen LogP contribution is -2.25. The predicted molar refractivity (Wildman–Crippen MR) is 220 cm³/mol. The van der Waals surface area contributed by atoms with Crippen LogP contribution in [0.15, 0.2) is 188 Å². The average Bonchev–Trinajstić information content (AvgIpc) is 3.77. The standard InChI is InChI=1S/C52H37N/c1-51(2)44-23-11-6-19-38(44)42-30-28-34(32-49(42)51)37-18-10-15-27-50(37)53(35-16-4-3-5-17-35)36-29-31-48-43(33-36)41-22-9-14-26-47(41)52(48)45-24-12-7-20-39(45)40-21-8-13-25-46(40)52/h3-33H,1-2H3. The normalized spacial score (nSPS) is 14.5. The van der Waals surface area contributed by atoms with Crippen LogP contribution in [0.5, 0.6) is 0 Å². The number of fused-ring (bicyclic) bond motifs is 13. The molecule has 3 aliphatic carbocycles. The van der Waals surface area contributed by atoms with Crippen LogP contribution in [-0.4, -0.2) is 0 Å². The number of para-hydroxylation sites is 2. The smallest absolute Gasteiger partial charge is 0.0725 e. The first-order valence-electron chi connectivity index (χ1n) is 18.7. The maximum Gasteiger partial charge on any atom is 0.0725 e. The third kappa shape index (κ3) is 4.02. The van der Waals surface area contributed by atoms with E-state index in [0.29, 0.717) is 0 Å². The van der Waals surface area contributed by atoms with Gasteiger partial charge in [-0.05, 0) is 109 Å². The van der Waals surface area contributed by atoms with E-state index in [1.54, 1.807) is 0 Å². The molecule has 1 nitrogen and oxygen atoms in total. The van der Waals surface area contributed by atoms with Crippen LogP contribution in [0.1, 0.15) is 47.2 Å². The van der Waals surface area contributed by atoms with Gasteiger partial charge >= 0.3 is 0 Å². The molecule has 1 spiro atoms. The molecule has 0 bridgehead atoms. The van der Waals surface area contributed by atoms with Crippen molar-refractivity contribution >= 4 is 17.1 Å². The maximum atomic E-state index is 2.45. The summed E-state index contributed by atoms with van der Waals surface area (Å²) in [6, 6.07) is 70.1. The topological polar surface area (TPSA) is 3.24 Å². The minimum Gasteiger partial charge on any atom is -0.310 e. The Balaban J connectivity index is 1.12. The van der Waals surface area contributed by atoms with Gasteiger partial charge in [0.25, 0.3) is 0 Å². The van der Waals surface area contributed by atoms with E-state index in [0.717, 1.165) is 17.1 Å². The van der Waals surface area contributed by atoms with Crippen molar-refractivity contribution in [2.45, 2.75) is 24.7 Å². The minimum absolute atomic E-state index is 0.0726. The highest BCUT2D eigenvalue weighted by atomic mass is 15.1. The molecule has 0 saturated carbocycles. The Kier molecular flexibility index (Phi) is 6.29. The Labute approximate surface area is 311 Å². The molecule has 0 atom stereocenters. The van der Waals surface area contributed by atoms with Gasteiger partial charge in [-0.25, -0.2) is 0 Å². The fourth-order valence-corrected chi connectivity index (χ4v) is 10.0. The van der Waals surface area contributed by atoms with Crippen LogP contribution >= 0.6 is 0 Å². The molecular weight excluding hydrogens is 639 g/mol. The fraction of sp³-hybridized carbons (Fsp3) is 0.0769. The van der Waals surface area contributed by atoms with E-state index in [1.807, 2.05) is 0 Å². The van der Waals surface area contributed by atoms with E-state index in [2.05, 4.69) is 207 Å². The molecular formula is C52H37N. The zero-order valence-electron chi connectivity index (χ0n) is 29.8. The van der Waals surface area contributed by atoms with Crippen molar-refractivity contribution in [3.63, 3.8) is 0 Å². The van der Waals surface area contributed by atoms with Crippen molar-refractivity contribution in [1.29, 1.82) is 0 Å². The summed E-state index contributed by atoms with van der Waals surface area (Å²) in [5.41, 5.74) is 21.6. The number of hydrogen-bond donors (Lipinski definition) is 0. The van der Waals surface area contributed by atoms with Gasteiger partial charge in [0.05, 0.1) is 11.1 Å². The van der Waals surface area contributed by atoms with Gasteiger partial charge in [0.1, 0.15) is 0 Å². The number of hydrogen-bond acceptors (Lipinski definition) is 1. The van der Waals surface area contributed by atoms with Gasteiger partial charge in [0.15, 0.2) is 0 Å². The van der Waals surface area contributed by atoms with E-state index in [-0.39, 0.29) is 10.8 Å². The van der Waals surface area contributed by atoms with Crippen molar-refractivity contribution in [3.8, 4) is 44.5 Å². The van der Waals surface area contributed by atoms with Crippen molar-refractivity contribution < 1.29 is 0 Å². The monoisotopic (exact) mass is 675 g/mol. The summed E-state index contributed by atoms with van der Waals surface area (Å²) in [5.74, 6) is 0. The molecule has 53 heavy (non-hydrogen) atoms. The summed E-state index contributed by atoms with van der Waals surface area (Å²) >= 11 is 0. The first-order chi connectivity index (χ1) is 26.1. The van der Waals surface area contributed by atoms with Crippen molar-refractivity contribution in [3.05, 3.63) is 221 Å². The summed E-state index contributed by atoms with van der Waals surface area (Å²) in [5, 5.41) is 0. The first kappa shape index (κ1) is 30.2. The third-order valence-corrected chi connectivity index (χ3v) is 12.3. The van der Waals surface area contributed by atoms with Crippen LogP contribution in [-0.2, 0) is 10.8 Å². The van der Waals surface area contributed by atoms with E-state index < -0.39 is 0 Å². The second kappa shape index (κ2) is 11.0. The summed E-state index contributed by atoms with van der Waals surface area (Å²) in [7, 11) is 0. The zero-order valence-corrected chi connectivity index (χ0v) is 29.8. The van der Waals surface area contributed by atoms with Crippen molar-refractivity contribution in [1.82, 2.24) is 0 Å². The molecule has 0 unspecified atom stereocenters. The van der Waals surface area contributed by atoms with Crippen LogP contribution in [0.3, 0.4) is 0 Å². The lowest BCUT2D eigenvalue weighted by atomic mass is 9.70. The lowest BCUT2D eigenvalue weighted by molar-refractivity contribution is 0.660. The summed E-state index contributed by atoms with van der Waals surface area (Å²) in [6.45, 7) is 4.72. The van der Waals surface area contributed by atoms with Crippen LogP contribution < -0.4 is 4.90 Å². The third-order valence-electron chi connectivity index (χ3n) is 12.3. The highest BCUT2D eigenvalue weighted by molar-refractivity contribution is 5.97. The number of anilines is 3. The van der Waals surface area contributed by atoms with E-state index in [4.69, 9.17) is 0 Å². The second-order valence-electron chi connectivity index (χ2n) is 15.2. The summed E-state index contributed by atoms with van der Waals surface area (Å²) in [6.07, 6.45) is 0. The molecule has 11 rings (SSSR count). The predicted octanol–water partition coefficient (Wildman–Crippen LogP) is 13.5. The summed E-state index contributed by atoms with van der Waals surface area (Å²) in [4.78, 5) is 2.45. The van der Waals surface area contributed by atoms with Gasteiger partial charge in [-0.1, -0.05) is 166 Å². The molecule has 8 aromatic carbocycles. The van der Waals surface area contributed by atoms with Crippen LogP contribution in [0, 0.1) is 0 Å². The molecule has 0 aromatic heterocycles. The first-order valence-corrected chi connectivity index (χ1v) is 18.7. The van der Waals surface area contributed by atoms with Gasteiger partial charge < -0.3 is 4.90 Å². The van der Waals surface area contributed by atoms with Crippen LogP contribution in [0.2, 0.25) is 0 Å². The van der Waals surface area contributed by atoms with Gasteiger partial charge in [0, 0.05) is 22.4 Å². The van der Waals surface area contributed by atoms with Gasteiger partial charge in [-0.3, -0.25) is 0 Å². The Morgan fingerprint density at radius 2 is 0.792 bits per heavy atom. The SMILES string of the molecule is CC1(C)c2ccccc2-c2ccc(-c3ccccc3N(c3ccccc3)c3ccc4c(c3)-c3ccccc3C43c4ccccc4-c4ccccc43)cc21. The fourth-order valence-electron chi connectivity index (χ4n) is 10.0. The molecule has 0 amide bonds. The van der Waals surface area contributed by atoms with E-state index in [1.165, 1.54) is 77.9 Å². The van der Waals surface area contributed by atoms with Gasteiger partial charge in [-0.2, -0.15) is 0 Å². The Morgan fingerprint density at radius 3 is 1.43 bits per heavy atom. The maximum absolute atomic E-state index is 2.45. The summed E-state index contributed by atoms with van der Waals surface area (Å²) < 4.78 is 0. The van der Waals surface area contributed by atoms with Crippen molar-refractivity contribution in [2.24, 2.45) is 0 Å². The van der Waals surface area contributed by atoms with Crippen LogP contribution in [0.4, 0.5) is 17.1 Å². The number of nitrogens with zero attached hydrogens (tertiary/aromatic N) is 1. The van der Waals surface area contributed by atoms with E-state index >= 15 is 0 Å². The number of benzene rings is 8. The zero-order chi connectivity index (χ0) is 35.3. The molecule has 1 heteroatoms. The molecule has 0 aliphatic heterocycles. The molecule has 250 valence electrons. The van der Waals surface area contributed by atoms with E-state index in [9.17, 15) is 0 Å². The Morgan fingerprint density at radius 1 is 0.321 bits per heavy atom. The molecule has 0 fully saturated rings. The second-order valence-corrected chi connectivity index (χ2v) is 15.2. The molecule has 0 N–H and O–H groups in total.